The van der Waals surface area contributed by atoms with Crippen LogP contribution in [0.4, 0.5) is 0 Å². The van der Waals surface area contributed by atoms with E-state index in [1.165, 1.54) is 11.8 Å². The summed E-state index contributed by atoms with van der Waals surface area (Å²) in [7, 11) is 0. The molecule has 0 aliphatic carbocycles. The minimum Gasteiger partial charge on any atom is -0.480 e. The second-order valence-corrected chi connectivity index (χ2v) is 6.15. The number of amides is 2. The summed E-state index contributed by atoms with van der Waals surface area (Å²) in [5, 5.41) is 20.8. The van der Waals surface area contributed by atoms with Gasteiger partial charge in [-0.05, 0) is 39.2 Å². The zero-order valence-electron chi connectivity index (χ0n) is 14.0. The summed E-state index contributed by atoms with van der Waals surface area (Å²) >= 11 is 0. The highest BCUT2D eigenvalue weighted by molar-refractivity contribution is 5.92. The van der Waals surface area contributed by atoms with Crippen molar-refractivity contribution in [3.8, 4) is 0 Å². The minimum absolute atomic E-state index is 0.311. The molecule has 0 aromatic carbocycles. The van der Waals surface area contributed by atoms with Crippen LogP contribution in [0.2, 0.25) is 0 Å². The summed E-state index contributed by atoms with van der Waals surface area (Å²) < 4.78 is 0. The Morgan fingerprint density at radius 3 is 2.54 bits per heavy atom. The molecule has 4 atom stereocenters. The predicted molar refractivity (Wildman–Crippen MR) is 86.9 cm³/mol. The quantitative estimate of drug-likeness (QED) is 0.314. The van der Waals surface area contributed by atoms with Gasteiger partial charge >= 0.3 is 5.97 Å². The first kappa shape index (κ1) is 20.3. The van der Waals surface area contributed by atoms with Crippen LogP contribution in [0.3, 0.4) is 0 Å². The number of hydrogen-bond acceptors (Lipinski definition) is 6. The molecule has 0 aromatic rings. The Labute approximate surface area is 141 Å². The number of aliphatic hydroxyl groups excluding tert-OH is 1. The van der Waals surface area contributed by atoms with Crippen LogP contribution in [0.5, 0.6) is 0 Å². The maximum atomic E-state index is 12.4. The Morgan fingerprint density at radius 1 is 1.33 bits per heavy atom. The lowest BCUT2D eigenvalue weighted by Crippen LogP contribution is -2.56. The molecule has 9 nitrogen and oxygen atoms in total. The minimum atomic E-state index is -1.41. The predicted octanol–water partition coefficient (Wildman–Crippen LogP) is -1.62. The van der Waals surface area contributed by atoms with Crippen molar-refractivity contribution >= 4 is 17.8 Å². The van der Waals surface area contributed by atoms with E-state index >= 15 is 0 Å². The van der Waals surface area contributed by atoms with Gasteiger partial charge in [-0.2, -0.15) is 0 Å². The van der Waals surface area contributed by atoms with Crippen molar-refractivity contribution in [3.05, 3.63) is 0 Å². The van der Waals surface area contributed by atoms with Crippen LogP contribution >= 0.6 is 0 Å². The lowest BCUT2D eigenvalue weighted by molar-refractivity contribution is -0.146. The first-order valence-corrected chi connectivity index (χ1v) is 8.27. The third-order valence-corrected chi connectivity index (χ3v) is 4.17. The van der Waals surface area contributed by atoms with Gasteiger partial charge in [-0.25, -0.2) is 4.79 Å². The summed E-state index contributed by atoms with van der Waals surface area (Å²) in [4.78, 5) is 37.2. The van der Waals surface area contributed by atoms with E-state index in [1.54, 1.807) is 0 Å². The van der Waals surface area contributed by atoms with Crippen LogP contribution in [-0.2, 0) is 14.4 Å². The highest BCUT2D eigenvalue weighted by atomic mass is 16.4. The van der Waals surface area contributed by atoms with E-state index in [2.05, 4.69) is 5.32 Å². The average molecular weight is 344 g/mol. The number of nitrogens with zero attached hydrogens (tertiary/aromatic N) is 1. The number of hydrogen-bond donors (Lipinski definition) is 5. The summed E-state index contributed by atoms with van der Waals surface area (Å²) in [6.45, 7) is 2.23. The van der Waals surface area contributed by atoms with Gasteiger partial charge in [0.15, 0.2) is 6.04 Å². The largest absolute Gasteiger partial charge is 0.480 e. The van der Waals surface area contributed by atoms with Crippen molar-refractivity contribution in [3.63, 3.8) is 0 Å². The number of aliphatic hydroxyl groups is 1. The van der Waals surface area contributed by atoms with Gasteiger partial charge < -0.3 is 31.9 Å². The molecule has 1 aliphatic rings. The molecule has 2 unspecified atom stereocenters. The van der Waals surface area contributed by atoms with E-state index in [4.69, 9.17) is 16.6 Å². The van der Waals surface area contributed by atoms with E-state index in [-0.39, 0.29) is 5.91 Å². The van der Waals surface area contributed by atoms with Crippen LogP contribution < -0.4 is 16.8 Å². The van der Waals surface area contributed by atoms with E-state index in [1.807, 2.05) is 0 Å². The van der Waals surface area contributed by atoms with Gasteiger partial charge in [0.05, 0.1) is 12.1 Å². The molecule has 138 valence electrons. The summed E-state index contributed by atoms with van der Waals surface area (Å²) in [6, 6.07) is -2.86. The van der Waals surface area contributed by atoms with Crippen molar-refractivity contribution in [1.29, 1.82) is 0 Å². The van der Waals surface area contributed by atoms with Crippen LogP contribution in [0.25, 0.3) is 0 Å². The number of nitrogens with two attached hydrogens (primary N) is 2. The Kier molecular flexibility index (Phi) is 8.09. The smallest absolute Gasteiger partial charge is 0.328 e. The first-order valence-electron chi connectivity index (χ1n) is 8.27. The summed E-state index contributed by atoms with van der Waals surface area (Å²) in [5.41, 5.74) is 11.3. The standard InChI is InChI=1S/C15H28N4O5/c1-9(20)12(15(23)24)18-13(21)11-6-4-8-19(11)14(22)10(17)5-2-3-7-16/h9-12,20H,2-8,16-17H2,1H3,(H,18,21)(H,23,24)/t9?,10?,11-,12+/m1/s1. The van der Waals surface area contributed by atoms with Crippen molar-refractivity contribution in [1.82, 2.24) is 10.2 Å². The third kappa shape index (κ3) is 5.43. The molecular formula is C15H28N4O5. The van der Waals surface area contributed by atoms with Gasteiger partial charge in [0.2, 0.25) is 11.8 Å². The number of likely N-dealkylation sites (tertiary alicyclic amines) is 1. The topological polar surface area (TPSA) is 159 Å². The van der Waals surface area contributed by atoms with Crippen molar-refractivity contribution in [2.75, 3.05) is 13.1 Å². The molecule has 0 aromatic heterocycles. The molecule has 1 aliphatic heterocycles. The number of rotatable bonds is 9. The average Bonchev–Trinajstić information content (AvgIpc) is 3.00. The fourth-order valence-corrected chi connectivity index (χ4v) is 2.79. The van der Waals surface area contributed by atoms with Gasteiger partial charge in [0.1, 0.15) is 6.04 Å². The van der Waals surface area contributed by atoms with Crippen LogP contribution in [0.15, 0.2) is 0 Å². The number of carbonyl (C=O) groups is 3. The van der Waals surface area contributed by atoms with E-state index < -0.39 is 36.1 Å². The van der Waals surface area contributed by atoms with Crippen LogP contribution in [0, 0.1) is 0 Å². The number of unbranched alkanes of at least 4 members (excludes halogenated alkanes) is 1. The fraction of sp³-hybridized carbons (Fsp3) is 0.800. The summed E-state index contributed by atoms with van der Waals surface area (Å²) in [5.74, 6) is -2.22. The Morgan fingerprint density at radius 2 is 2.00 bits per heavy atom. The Balaban J connectivity index is 2.68. The maximum absolute atomic E-state index is 12.4. The molecule has 0 radical (unpaired) electrons. The van der Waals surface area contributed by atoms with E-state index in [0.717, 1.165) is 12.8 Å². The van der Waals surface area contributed by atoms with Gasteiger partial charge in [-0.3, -0.25) is 9.59 Å². The van der Waals surface area contributed by atoms with Gasteiger partial charge in [0, 0.05) is 6.54 Å². The molecule has 7 N–H and O–H groups in total. The number of carboxylic acids is 1. The van der Waals surface area contributed by atoms with Crippen molar-refractivity contribution in [2.45, 2.75) is 63.3 Å². The lowest BCUT2D eigenvalue weighted by Gasteiger charge is -2.28. The molecule has 24 heavy (non-hydrogen) atoms. The van der Waals surface area contributed by atoms with Gasteiger partial charge in [-0.1, -0.05) is 6.42 Å². The normalized spacial score (nSPS) is 21.2. The van der Waals surface area contributed by atoms with Gasteiger partial charge in [0.25, 0.3) is 0 Å². The number of carbonyl (C=O) groups excluding carboxylic acids is 2. The van der Waals surface area contributed by atoms with E-state index in [0.29, 0.717) is 32.4 Å². The zero-order valence-corrected chi connectivity index (χ0v) is 14.0. The molecule has 0 spiro atoms. The molecule has 1 rings (SSSR count). The van der Waals surface area contributed by atoms with Crippen molar-refractivity contribution < 1.29 is 24.6 Å². The van der Waals surface area contributed by atoms with E-state index in [9.17, 15) is 19.5 Å². The molecule has 0 saturated carbocycles. The molecule has 1 fully saturated rings. The first-order chi connectivity index (χ1) is 11.3. The molecule has 0 bridgehead atoms. The molecule has 1 heterocycles. The number of aliphatic carboxylic acids is 1. The highest BCUT2D eigenvalue weighted by Crippen LogP contribution is 2.19. The summed E-state index contributed by atoms with van der Waals surface area (Å²) in [6.07, 6.45) is 1.85. The SMILES string of the molecule is CC(O)[C@H](NC(=O)[C@H]1CCCN1C(=O)C(N)CCCCN)C(=O)O. The van der Waals surface area contributed by atoms with Crippen LogP contribution in [-0.4, -0.2) is 70.2 Å². The maximum Gasteiger partial charge on any atom is 0.328 e. The Hall–Kier alpha value is -1.71. The number of carboxylic acid groups (broad SMARTS) is 1. The second kappa shape index (κ2) is 9.55. The highest BCUT2D eigenvalue weighted by Gasteiger charge is 2.38. The molecular weight excluding hydrogens is 316 g/mol. The zero-order chi connectivity index (χ0) is 18.3. The Bertz CT molecular complexity index is 457. The van der Waals surface area contributed by atoms with Crippen molar-refractivity contribution in [2.24, 2.45) is 11.5 Å². The molecule has 2 amide bonds. The monoisotopic (exact) mass is 344 g/mol. The van der Waals surface area contributed by atoms with Gasteiger partial charge in [-0.15, -0.1) is 0 Å². The second-order valence-electron chi connectivity index (χ2n) is 6.15. The fourth-order valence-electron chi connectivity index (χ4n) is 2.79. The molecule has 9 heteroatoms. The number of nitrogens with one attached hydrogen (secondary N) is 1. The van der Waals surface area contributed by atoms with Crippen LogP contribution in [0.1, 0.15) is 39.0 Å². The third-order valence-electron chi connectivity index (χ3n) is 4.17. The molecule has 1 saturated heterocycles. The lowest BCUT2D eigenvalue weighted by atomic mass is 10.1.